The van der Waals surface area contributed by atoms with Gasteiger partial charge < -0.3 is 24.4 Å². The number of carbonyl (C=O) groups is 2. The zero-order chi connectivity index (χ0) is 26.1. The second-order valence-corrected chi connectivity index (χ2v) is 9.25. The Labute approximate surface area is 211 Å². The highest BCUT2D eigenvalue weighted by molar-refractivity contribution is 6.30. The minimum Gasteiger partial charge on any atom is -0.496 e. The van der Waals surface area contributed by atoms with Gasteiger partial charge >= 0.3 is 12.3 Å². The second kappa shape index (κ2) is 9.82. The van der Waals surface area contributed by atoms with Gasteiger partial charge in [-0.05, 0) is 18.2 Å². The third kappa shape index (κ3) is 4.37. The molecule has 11 heteroatoms. The first-order chi connectivity index (χ1) is 17.1. The zero-order valence-corrected chi connectivity index (χ0v) is 20.5. The van der Waals surface area contributed by atoms with Gasteiger partial charge in [-0.3, -0.25) is 4.79 Å². The lowest BCUT2D eigenvalue weighted by Gasteiger charge is -2.49. The Morgan fingerprint density at radius 3 is 2.44 bits per heavy atom. The van der Waals surface area contributed by atoms with E-state index in [2.05, 4.69) is 5.32 Å². The number of ether oxygens (including phenoxy) is 3. The van der Waals surface area contributed by atoms with Crippen molar-refractivity contribution in [1.29, 1.82) is 0 Å². The number of nitrogens with zero attached hydrogens (tertiary/aromatic N) is 1. The fraction of sp³-hybridized carbons (Fsp3) is 0.440. The van der Waals surface area contributed by atoms with Crippen molar-refractivity contribution in [2.24, 2.45) is 0 Å². The summed E-state index contributed by atoms with van der Waals surface area (Å²) in [6, 6.07) is 12.3. The molecule has 1 N–H and O–H groups in total. The number of amides is 2. The largest absolute Gasteiger partial charge is 0.496 e. The molecule has 2 heterocycles. The minimum absolute atomic E-state index is 0.0461. The highest BCUT2D eigenvalue weighted by Crippen LogP contribution is 2.47. The summed E-state index contributed by atoms with van der Waals surface area (Å²) in [7, 11) is 2.39. The van der Waals surface area contributed by atoms with Crippen molar-refractivity contribution < 1.29 is 37.0 Å². The number of methoxy groups -OCH3 is 2. The van der Waals surface area contributed by atoms with Crippen LogP contribution in [-0.2, 0) is 19.9 Å². The van der Waals surface area contributed by atoms with Crippen LogP contribution in [0.4, 0.5) is 18.0 Å². The Hall–Kier alpha value is -2.98. The number of benzene rings is 2. The number of piperidine rings is 1. The number of rotatable bonds is 5. The van der Waals surface area contributed by atoms with Crippen LogP contribution in [0.5, 0.6) is 5.75 Å². The van der Waals surface area contributed by atoms with Crippen LogP contribution in [0, 0.1) is 0 Å². The molecule has 0 aliphatic carbocycles. The van der Waals surface area contributed by atoms with Crippen molar-refractivity contribution in [2.45, 2.75) is 36.1 Å². The van der Waals surface area contributed by atoms with Crippen molar-refractivity contribution in [3.63, 3.8) is 0 Å². The first-order valence-electron chi connectivity index (χ1n) is 11.3. The van der Waals surface area contributed by atoms with Gasteiger partial charge in [-0.2, -0.15) is 13.2 Å². The summed E-state index contributed by atoms with van der Waals surface area (Å²) in [5.41, 5.74) is -3.84. The van der Waals surface area contributed by atoms with Crippen molar-refractivity contribution in [3.05, 3.63) is 64.7 Å². The second-order valence-electron chi connectivity index (χ2n) is 8.82. The van der Waals surface area contributed by atoms with E-state index in [9.17, 15) is 22.8 Å². The summed E-state index contributed by atoms with van der Waals surface area (Å²) < 4.78 is 59.6. The molecule has 2 aromatic carbocycles. The maximum absolute atomic E-state index is 14.5. The Morgan fingerprint density at radius 2 is 1.83 bits per heavy atom. The van der Waals surface area contributed by atoms with E-state index in [1.54, 1.807) is 6.07 Å². The predicted molar refractivity (Wildman–Crippen MR) is 125 cm³/mol. The zero-order valence-electron chi connectivity index (χ0n) is 19.7. The van der Waals surface area contributed by atoms with Gasteiger partial charge in [0.1, 0.15) is 11.4 Å². The molecule has 4 rings (SSSR count). The van der Waals surface area contributed by atoms with Gasteiger partial charge in [0, 0.05) is 61.7 Å². The summed E-state index contributed by atoms with van der Waals surface area (Å²) in [6.07, 6.45) is -5.38. The van der Waals surface area contributed by atoms with Gasteiger partial charge in [0.15, 0.2) is 0 Å². The lowest BCUT2D eigenvalue weighted by atomic mass is 9.74. The molecular formula is C25H26ClF3N2O5. The van der Waals surface area contributed by atoms with Crippen LogP contribution in [-0.4, -0.2) is 62.5 Å². The highest BCUT2D eigenvalue weighted by Gasteiger charge is 2.64. The Balaban J connectivity index is 1.65. The first-order valence-corrected chi connectivity index (χ1v) is 11.7. The molecule has 36 heavy (non-hydrogen) atoms. The van der Waals surface area contributed by atoms with Crippen LogP contribution in [0.25, 0.3) is 0 Å². The summed E-state index contributed by atoms with van der Waals surface area (Å²) >= 11 is 5.95. The number of alkyl halides is 3. The van der Waals surface area contributed by atoms with Gasteiger partial charge in [0.25, 0.3) is 11.5 Å². The third-order valence-corrected chi connectivity index (χ3v) is 7.27. The molecule has 0 saturated carbocycles. The monoisotopic (exact) mass is 526 g/mol. The molecule has 2 amide bonds. The molecule has 2 aromatic rings. The molecule has 2 saturated heterocycles. The Morgan fingerprint density at radius 1 is 1.14 bits per heavy atom. The van der Waals surface area contributed by atoms with Crippen molar-refractivity contribution in [3.8, 4) is 5.75 Å². The van der Waals surface area contributed by atoms with E-state index in [-0.39, 0.29) is 43.4 Å². The number of carbonyl (C=O) groups excluding carboxylic acids is 2. The van der Waals surface area contributed by atoms with Crippen LogP contribution in [0.2, 0.25) is 5.02 Å². The van der Waals surface area contributed by atoms with Gasteiger partial charge in [0.05, 0.1) is 7.11 Å². The van der Waals surface area contributed by atoms with E-state index in [4.69, 9.17) is 25.8 Å². The van der Waals surface area contributed by atoms with Gasteiger partial charge in [-0.1, -0.05) is 41.9 Å². The average molecular weight is 527 g/mol. The Bertz CT molecular complexity index is 1140. The quantitative estimate of drug-likeness (QED) is 0.614. The first kappa shape index (κ1) is 26.1. The minimum atomic E-state index is -5.06. The molecule has 2 aliphatic heterocycles. The third-order valence-electron chi connectivity index (χ3n) is 7.03. The lowest BCUT2D eigenvalue weighted by molar-refractivity contribution is -0.271. The van der Waals surface area contributed by atoms with E-state index in [0.717, 1.165) is 23.6 Å². The number of likely N-dealkylation sites (tertiary alicyclic amines) is 1. The van der Waals surface area contributed by atoms with Crippen LogP contribution >= 0.6 is 11.6 Å². The average Bonchev–Trinajstić information content (AvgIpc) is 2.84. The lowest BCUT2D eigenvalue weighted by Crippen LogP contribution is -2.62. The number of halogens is 4. The number of alkyl carbamates (subject to hydrolysis) is 1. The van der Waals surface area contributed by atoms with Crippen molar-refractivity contribution >= 4 is 23.6 Å². The summed E-state index contributed by atoms with van der Waals surface area (Å²) in [5, 5.41) is 2.74. The Kier molecular flexibility index (Phi) is 7.12. The molecule has 1 spiro atoms. The van der Waals surface area contributed by atoms with Gasteiger partial charge in [-0.25, -0.2) is 4.79 Å². The van der Waals surface area contributed by atoms with Crippen molar-refractivity contribution in [2.75, 3.05) is 33.9 Å². The van der Waals surface area contributed by atoms with Crippen LogP contribution in [0.15, 0.2) is 48.5 Å². The predicted octanol–water partition coefficient (Wildman–Crippen LogP) is 4.64. The number of nitrogens with one attached hydrogen (secondary N) is 1. The summed E-state index contributed by atoms with van der Waals surface area (Å²) in [6.45, 7) is 0.124. The van der Waals surface area contributed by atoms with Gasteiger partial charge in [-0.15, -0.1) is 0 Å². The normalized spacial score (nSPS) is 21.3. The van der Waals surface area contributed by atoms with Crippen LogP contribution < -0.4 is 10.1 Å². The molecule has 2 aliphatic rings. The van der Waals surface area contributed by atoms with E-state index in [1.807, 2.05) is 18.2 Å². The molecule has 0 radical (unpaired) electrons. The molecule has 2 atom stereocenters. The molecule has 7 nitrogen and oxygen atoms in total. The molecule has 2 fully saturated rings. The van der Waals surface area contributed by atoms with E-state index in [0.29, 0.717) is 5.75 Å². The smallest absolute Gasteiger partial charge is 0.430 e. The highest BCUT2D eigenvalue weighted by atomic mass is 35.5. The fourth-order valence-electron chi connectivity index (χ4n) is 5.21. The topological polar surface area (TPSA) is 77.1 Å². The van der Waals surface area contributed by atoms with Gasteiger partial charge in [0.2, 0.25) is 0 Å². The van der Waals surface area contributed by atoms with E-state index < -0.39 is 34.9 Å². The fourth-order valence-corrected chi connectivity index (χ4v) is 5.40. The van der Waals surface area contributed by atoms with Crippen LogP contribution in [0.1, 0.15) is 29.9 Å². The molecule has 0 aromatic heterocycles. The maximum atomic E-state index is 14.5. The summed E-state index contributed by atoms with van der Waals surface area (Å²) in [5.74, 6) is -0.966. The molecule has 194 valence electrons. The number of hydrogen-bond acceptors (Lipinski definition) is 5. The molecular weight excluding hydrogens is 501 g/mol. The molecule has 0 unspecified atom stereocenters. The number of hydrogen-bond donors (Lipinski definition) is 1. The number of para-hydroxylation sites is 1. The van der Waals surface area contributed by atoms with Crippen LogP contribution in [0.3, 0.4) is 0 Å². The molecule has 0 bridgehead atoms. The van der Waals surface area contributed by atoms with Crippen molar-refractivity contribution in [1.82, 2.24) is 10.2 Å². The maximum Gasteiger partial charge on any atom is 0.430 e. The van der Waals surface area contributed by atoms with E-state index in [1.165, 1.54) is 25.3 Å². The standard InChI is InChI=1S/C25H26ClF3N2O5/c1-34-20-9-4-3-8-18(20)19-15-30-22(33)36-23(19)10-12-31(13-11-23)21(32)24(35-2,25(27,28)29)16-6-5-7-17(26)14-16/h3-9,14,19H,10-13,15H2,1-2H3,(H,30,33)/t19-,24-/m1/s1. The van der Waals surface area contributed by atoms with E-state index >= 15 is 0 Å². The SMILES string of the molecule is COc1ccccc1[C@H]1CNC(=O)OC12CCN(C(=O)[C@](OC)(c1cccc(Cl)c1)C(F)(F)F)CC2. The summed E-state index contributed by atoms with van der Waals surface area (Å²) in [4.78, 5) is 26.8.